The second-order valence-corrected chi connectivity index (χ2v) is 10.7. The molecule has 9 heteroatoms. The number of esters is 1. The van der Waals surface area contributed by atoms with Crippen molar-refractivity contribution in [3.63, 3.8) is 0 Å². The van der Waals surface area contributed by atoms with Crippen LogP contribution in [0.1, 0.15) is 45.2 Å². The fourth-order valence-corrected chi connectivity index (χ4v) is 5.34. The van der Waals surface area contributed by atoms with Crippen LogP contribution in [0.3, 0.4) is 0 Å². The van der Waals surface area contributed by atoms with Gasteiger partial charge in [-0.1, -0.05) is 91.0 Å². The van der Waals surface area contributed by atoms with Crippen LogP contribution in [0.4, 0.5) is 5.69 Å². The molecular weight excluding hydrogens is 554 g/mol. The minimum atomic E-state index is -0.855. The quantitative estimate of drug-likeness (QED) is 0.143. The lowest BCUT2D eigenvalue weighted by Crippen LogP contribution is -2.51. The van der Waals surface area contributed by atoms with Crippen LogP contribution < -0.4 is 16.0 Å². The molecule has 0 radical (unpaired) electrons. The number of nitrogens with two attached hydrogens (primary N) is 1. The Hall–Kier alpha value is -5.44. The van der Waals surface area contributed by atoms with Gasteiger partial charge in [0.1, 0.15) is 24.7 Å². The van der Waals surface area contributed by atoms with E-state index in [1.165, 1.54) is 0 Å². The van der Waals surface area contributed by atoms with Crippen molar-refractivity contribution in [2.45, 2.75) is 31.7 Å². The number of carbonyl (C=O) groups excluding carboxylic acids is 3. The van der Waals surface area contributed by atoms with Gasteiger partial charge in [-0.2, -0.15) is 0 Å². The van der Waals surface area contributed by atoms with E-state index in [4.69, 9.17) is 15.9 Å². The van der Waals surface area contributed by atoms with E-state index in [0.29, 0.717) is 24.1 Å². The fraction of sp³-hybridized carbons (Fsp3) is 0.200. The highest BCUT2D eigenvalue weighted by molar-refractivity contribution is 5.99. The average molecular weight is 590 g/mol. The van der Waals surface area contributed by atoms with Crippen LogP contribution in [-0.4, -0.2) is 48.2 Å². The summed E-state index contributed by atoms with van der Waals surface area (Å²) in [5, 5.41) is 10.7. The number of rotatable bonds is 10. The Labute approximate surface area is 256 Å². The Bertz CT molecular complexity index is 1630. The van der Waals surface area contributed by atoms with Crippen LogP contribution in [0.5, 0.6) is 0 Å². The third-order valence-electron chi connectivity index (χ3n) is 7.77. The second-order valence-electron chi connectivity index (χ2n) is 10.7. The van der Waals surface area contributed by atoms with Gasteiger partial charge in [0.15, 0.2) is 0 Å². The molecule has 0 saturated carbocycles. The van der Waals surface area contributed by atoms with Gasteiger partial charge >= 0.3 is 5.97 Å². The van der Waals surface area contributed by atoms with E-state index in [1.54, 1.807) is 41.1 Å². The summed E-state index contributed by atoms with van der Waals surface area (Å²) in [6.07, 6.45) is -0.426. The predicted molar refractivity (Wildman–Crippen MR) is 169 cm³/mol. The fourth-order valence-electron chi connectivity index (χ4n) is 5.34. The summed E-state index contributed by atoms with van der Waals surface area (Å²) in [5.41, 5.74) is 9.80. The minimum Gasteiger partial charge on any atom is -0.461 e. The molecule has 4 aromatic rings. The molecule has 224 valence electrons. The first kappa shape index (κ1) is 30.0. The summed E-state index contributed by atoms with van der Waals surface area (Å²) in [5.74, 6) is -1.27. The van der Waals surface area contributed by atoms with Crippen molar-refractivity contribution in [2.75, 3.05) is 18.5 Å². The number of anilines is 1. The first-order valence-electron chi connectivity index (χ1n) is 14.4. The summed E-state index contributed by atoms with van der Waals surface area (Å²) in [6, 6.07) is 32.3. The number of fused-ring (bicyclic) bond motifs is 1. The minimum absolute atomic E-state index is 0.0938. The van der Waals surface area contributed by atoms with E-state index in [1.807, 2.05) is 84.9 Å². The Morgan fingerprint density at radius 1 is 0.841 bits per heavy atom. The first-order chi connectivity index (χ1) is 21.3. The normalized spacial score (nSPS) is 16.1. The van der Waals surface area contributed by atoms with Gasteiger partial charge in [-0.3, -0.25) is 19.8 Å². The van der Waals surface area contributed by atoms with Crippen LogP contribution in [0.2, 0.25) is 0 Å². The maximum absolute atomic E-state index is 14.4. The van der Waals surface area contributed by atoms with Crippen molar-refractivity contribution < 1.29 is 19.1 Å². The average Bonchev–Trinajstić information content (AvgIpc) is 3.13. The highest BCUT2D eigenvalue weighted by Crippen LogP contribution is 2.35. The topological polar surface area (TPSA) is 129 Å². The standard InChI is InChI=1S/C35H35N5O4/c1-39-29-15-9-8-14-28(29)33(38-34(42)27-18-16-26(17-19-27)32(36)37)40(21-20-24-10-4-2-5-11-24)35(43)30(39)22-31(41)44-23-25-12-6-3-7-13-25/h2-19,30,33H,20-23H2,1H3,(H3,36,37)(H,38,42). The van der Waals surface area contributed by atoms with Gasteiger partial charge in [0.25, 0.3) is 5.91 Å². The van der Waals surface area contributed by atoms with E-state index in [2.05, 4.69) is 5.32 Å². The molecule has 2 amide bonds. The number of hydrogen-bond acceptors (Lipinski definition) is 6. The summed E-state index contributed by atoms with van der Waals surface area (Å²) in [7, 11) is 1.78. The molecule has 2 unspecified atom stereocenters. The molecule has 2 atom stereocenters. The predicted octanol–water partition coefficient (Wildman–Crippen LogP) is 4.42. The molecule has 44 heavy (non-hydrogen) atoms. The number of nitrogens with one attached hydrogen (secondary N) is 2. The molecule has 4 aromatic carbocycles. The number of carbonyl (C=O) groups is 3. The monoisotopic (exact) mass is 589 g/mol. The van der Waals surface area contributed by atoms with Gasteiger partial charge in [-0.15, -0.1) is 0 Å². The number of nitrogen functional groups attached to an aromatic ring is 1. The molecule has 1 heterocycles. The maximum atomic E-state index is 14.4. The zero-order valence-electron chi connectivity index (χ0n) is 24.5. The van der Waals surface area contributed by atoms with Crippen molar-refractivity contribution >= 4 is 29.3 Å². The van der Waals surface area contributed by atoms with E-state index >= 15 is 0 Å². The van der Waals surface area contributed by atoms with Crippen LogP contribution in [-0.2, 0) is 27.4 Å². The zero-order valence-corrected chi connectivity index (χ0v) is 24.5. The van der Waals surface area contributed by atoms with Crippen LogP contribution >= 0.6 is 0 Å². The van der Waals surface area contributed by atoms with Crippen LogP contribution in [0.15, 0.2) is 109 Å². The van der Waals surface area contributed by atoms with Gasteiger partial charge in [-0.25, -0.2) is 0 Å². The van der Waals surface area contributed by atoms with Gasteiger partial charge in [0.2, 0.25) is 5.91 Å². The number of nitrogens with zero attached hydrogens (tertiary/aromatic N) is 2. The lowest BCUT2D eigenvalue weighted by molar-refractivity contribution is -0.148. The largest absolute Gasteiger partial charge is 0.461 e. The Kier molecular flexibility index (Phi) is 9.34. The molecule has 5 rings (SSSR count). The number of ether oxygens (including phenoxy) is 1. The molecular formula is C35H35N5O4. The van der Waals surface area contributed by atoms with E-state index < -0.39 is 18.2 Å². The van der Waals surface area contributed by atoms with Crippen LogP contribution in [0.25, 0.3) is 0 Å². The maximum Gasteiger partial charge on any atom is 0.308 e. The van der Waals surface area contributed by atoms with Crippen molar-refractivity contribution in [2.24, 2.45) is 5.73 Å². The van der Waals surface area contributed by atoms with Gasteiger partial charge in [0, 0.05) is 36.0 Å². The first-order valence-corrected chi connectivity index (χ1v) is 14.4. The Balaban J connectivity index is 1.46. The van der Waals surface area contributed by atoms with E-state index in [0.717, 1.165) is 22.4 Å². The summed E-state index contributed by atoms with van der Waals surface area (Å²) in [4.78, 5) is 44.5. The Morgan fingerprint density at radius 2 is 1.43 bits per heavy atom. The van der Waals surface area contributed by atoms with E-state index in [-0.39, 0.29) is 30.7 Å². The molecule has 0 bridgehead atoms. The highest BCUT2D eigenvalue weighted by atomic mass is 16.5. The third kappa shape index (κ3) is 6.95. The highest BCUT2D eigenvalue weighted by Gasteiger charge is 2.40. The smallest absolute Gasteiger partial charge is 0.308 e. The molecule has 0 saturated heterocycles. The van der Waals surface area contributed by atoms with E-state index in [9.17, 15) is 14.4 Å². The molecule has 0 fully saturated rings. The second kappa shape index (κ2) is 13.7. The number of amidine groups is 1. The SMILES string of the molecule is CN1c2ccccc2C(NC(=O)c2ccc(C(=N)N)cc2)N(CCc2ccccc2)C(=O)C1CC(=O)OCc1ccccc1. The van der Waals surface area contributed by atoms with Crippen molar-refractivity contribution in [1.82, 2.24) is 10.2 Å². The number of amides is 2. The molecule has 9 nitrogen and oxygen atoms in total. The van der Waals surface area contributed by atoms with Crippen LogP contribution in [0, 0.1) is 5.41 Å². The van der Waals surface area contributed by atoms with Crippen molar-refractivity contribution in [3.05, 3.63) is 137 Å². The molecule has 1 aliphatic heterocycles. The number of benzene rings is 4. The van der Waals surface area contributed by atoms with Crippen molar-refractivity contribution in [1.29, 1.82) is 5.41 Å². The lowest BCUT2D eigenvalue weighted by Gasteiger charge is -2.33. The molecule has 4 N–H and O–H groups in total. The number of hydrogen-bond donors (Lipinski definition) is 3. The molecule has 0 spiro atoms. The molecule has 0 aromatic heterocycles. The lowest BCUT2D eigenvalue weighted by atomic mass is 10.1. The van der Waals surface area contributed by atoms with Gasteiger partial charge in [0.05, 0.1) is 6.42 Å². The third-order valence-corrected chi connectivity index (χ3v) is 7.77. The van der Waals surface area contributed by atoms with Crippen molar-refractivity contribution in [3.8, 4) is 0 Å². The van der Waals surface area contributed by atoms with Gasteiger partial charge in [-0.05, 0) is 35.7 Å². The number of para-hydroxylation sites is 1. The summed E-state index contributed by atoms with van der Waals surface area (Å²) in [6.45, 7) is 0.411. The summed E-state index contributed by atoms with van der Waals surface area (Å²) >= 11 is 0. The zero-order chi connectivity index (χ0) is 31.1. The molecule has 1 aliphatic rings. The number of likely N-dealkylation sites (N-methyl/N-ethyl adjacent to an activating group) is 1. The molecule has 0 aliphatic carbocycles. The van der Waals surface area contributed by atoms with Gasteiger partial charge < -0.3 is 25.6 Å². The Morgan fingerprint density at radius 3 is 2.09 bits per heavy atom. The summed E-state index contributed by atoms with van der Waals surface area (Å²) < 4.78 is 5.57.